The van der Waals surface area contributed by atoms with E-state index >= 15 is 0 Å². The first-order chi connectivity index (χ1) is 10.7. The Kier molecular flexibility index (Phi) is 4.37. The molecular formula is C16H12ClN3OS. The van der Waals surface area contributed by atoms with Gasteiger partial charge in [0.1, 0.15) is 5.01 Å². The number of benzene rings is 2. The maximum absolute atomic E-state index is 12.0. The van der Waals surface area contributed by atoms with E-state index in [0.29, 0.717) is 16.4 Å². The maximum atomic E-state index is 12.0. The zero-order valence-corrected chi connectivity index (χ0v) is 13.0. The van der Waals surface area contributed by atoms with Crippen LogP contribution in [0.5, 0.6) is 0 Å². The normalized spacial score (nSPS) is 10.2. The second kappa shape index (κ2) is 6.60. The highest BCUT2D eigenvalue weighted by Gasteiger charge is 2.05. The van der Waals surface area contributed by atoms with Crippen molar-refractivity contribution >= 4 is 40.3 Å². The average molecular weight is 330 g/mol. The van der Waals surface area contributed by atoms with Gasteiger partial charge in [-0.05, 0) is 36.4 Å². The summed E-state index contributed by atoms with van der Waals surface area (Å²) in [7, 11) is 0. The molecule has 2 amide bonds. The van der Waals surface area contributed by atoms with Crippen molar-refractivity contribution in [3.8, 4) is 10.6 Å². The predicted octanol–water partition coefficient (Wildman–Crippen LogP) is 5.11. The number of amides is 2. The van der Waals surface area contributed by atoms with Gasteiger partial charge >= 0.3 is 6.03 Å². The van der Waals surface area contributed by atoms with E-state index in [0.717, 1.165) is 10.6 Å². The fourth-order valence-corrected chi connectivity index (χ4v) is 2.68. The molecule has 3 rings (SSSR count). The Morgan fingerprint density at radius 2 is 1.82 bits per heavy atom. The number of urea groups is 1. The van der Waals surface area contributed by atoms with E-state index in [-0.39, 0.29) is 6.03 Å². The molecule has 1 heterocycles. The van der Waals surface area contributed by atoms with Gasteiger partial charge in [-0.2, -0.15) is 0 Å². The van der Waals surface area contributed by atoms with E-state index in [1.54, 1.807) is 41.8 Å². The first-order valence-electron chi connectivity index (χ1n) is 6.54. The van der Waals surface area contributed by atoms with Gasteiger partial charge in [-0.3, -0.25) is 0 Å². The molecule has 22 heavy (non-hydrogen) atoms. The lowest BCUT2D eigenvalue weighted by Crippen LogP contribution is -2.19. The number of thiazole rings is 1. The Labute approximate surface area is 136 Å². The van der Waals surface area contributed by atoms with Crippen molar-refractivity contribution in [2.24, 2.45) is 0 Å². The molecule has 1 aromatic heterocycles. The number of hydrogen-bond donors (Lipinski definition) is 2. The topological polar surface area (TPSA) is 54.0 Å². The molecule has 2 aromatic carbocycles. The van der Waals surface area contributed by atoms with Crippen LogP contribution >= 0.6 is 22.9 Å². The largest absolute Gasteiger partial charge is 0.323 e. The molecule has 0 aliphatic heterocycles. The lowest BCUT2D eigenvalue weighted by Gasteiger charge is -2.08. The van der Waals surface area contributed by atoms with E-state index < -0.39 is 0 Å². The molecule has 0 saturated carbocycles. The fourth-order valence-electron chi connectivity index (χ4n) is 1.92. The first-order valence-corrected chi connectivity index (χ1v) is 7.80. The molecule has 0 spiro atoms. The summed E-state index contributed by atoms with van der Waals surface area (Å²) in [4.78, 5) is 16.3. The van der Waals surface area contributed by atoms with Gasteiger partial charge in [0.15, 0.2) is 0 Å². The molecule has 0 atom stereocenters. The summed E-state index contributed by atoms with van der Waals surface area (Å²) in [5.41, 5.74) is 2.36. The molecule has 6 heteroatoms. The first kappa shape index (κ1) is 14.6. The lowest BCUT2D eigenvalue weighted by atomic mass is 10.2. The number of carbonyl (C=O) groups excluding carboxylic acids is 1. The molecule has 4 nitrogen and oxygen atoms in total. The van der Waals surface area contributed by atoms with Crippen molar-refractivity contribution in [3.63, 3.8) is 0 Å². The van der Waals surface area contributed by atoms with Crippen molar-refractivity contribution in [2.75, 3.05) is 10.6 Å². The standard InChI is InChI=1S/C16H12ClN3OS/c17-12-4-6-13(7-5-12)19-16(21)20-14-3-1-2-11(10-14)15-18-8-9-22-15/h1-10H,(H2,19,20,21). The summed E-state index contributed by atoms with van der Waals surface area (Å²) >= 11 is 7.37. The number of aromatic nitrogens is 1. The number of nitrogens with one attached hydrogen (secondary N) is 2. The van der Waals surface area contributed by atoms with Crippen molar-refractivity contribution in [1.29, 1.82) is 0 Å². The second-order valence-corrected chi connectivity index (χ2v) is 5.84. The van der Waals surface area contributed by atoms with Crippen LogP contribution in [0, 0.1) is 0 Å². The van der Waals surface area contributed by atoms with Gasteiger partial charge in [-0.1, -0.05) is 23.7 Å². The minimum Gasteiger partial charge on any atom is -0.308 e. The van der Waals surface area contributed by atoms with Crippen molar-refractivity contribution < 1.29 is 4.79 Å². The summed E-state index contributed by atoms with van der Waals surface area (Å²) in [5, 5.41) is 9.02. The monoisotopic (exact) mass is 329 g/mol. The quantitative estimate of drug-likeness (QED) is 0.701. The average Bonchev–Trinajstić information content (AvgIpc) is 3.04. The van der Waals surface area contributed by atoms with Gasteiger partial charge in [-0.25, -0.2) is 9.78 Å². The Morgan fingerprint density at radius 3 is 2.55 bits per heavy atom. The van der Waals surface area contributed by atoms with Gasteiger partial charge in [0.2, 0.25) is 0 Å². The number of rotatable bonds is 3. The molecule has 0 aliphatic rings. The van der Waals surface area contributed by atoms with Gasteiger partial charge < -0.3 is 10.6 Å². The Balaban J connectivity index is 1.69. The summed E-state index contributed by atoms with van der Waals surface area (Å²) in [6, 6.07) is 14.2. The van der Waals surface area contributed by atoms with Crippen LogP contribution in [0.2, 0.25) is 5.02 Å². The highest BCUT2D eigenvalue weighted by molar-refractivity contribution is 7.13. The van der Waals surface area contributed by atoms with Crippen LogP contribution in [0.1, 0.15) is 0 Å². The van der Waals surface area contributed by atoms with E-state index in [2.05, 4.69) is 15.6 Å². The molecule has 0 saturated heterocycles. The predicted molar refractivity (Wildman–Crippen MR) is 91.6 cm³/mol. The van der Waals surface area contributed by atoms with Crippen LogP contribution in [0.4, 0.5) is 16.2 Å². The summed E-state index contributed by atoms with van der Waals surface area (Å²) < 4.78 is 0. The van der Waals surface area contributed by atoms with Crippen molar-refractivity contribution in [1.82, 2.24) is 4.98 Å². The third-order valence-corrected chi connectivity index (χ3v) is 3.98. The third-order valence-electron chi connectivity index (χ3n) is 2.90. The van der Waals surface area contributed by atoms with E-state index in [4.69, 9.17) is 11.6 Å². The minimum absolute atomic E-state index is 0.307. The Bertz CT molecular complexity index is 772. The highest BCUT2D eigenvalue weighted by Crippen LogP contribution is 2.24. The molecule has 0 unspecified atom stereocenters. The second-order valence-electron chi connectivity index (χ2n) is 4.50. The van der Waals surface area contributed by atoms with Crippen LogP contribution in [-0.2, 0) is 0 Å². The molecule has 0 aliphatic carbocycles. The van der Waals surface area contributed by atoms with Crippen LogP contribution in [-0.4, -0.2) is 11.0 Å². The summed E-state index contributed by atoms with van der Waals surface area (Å²) in [6.07, 6.45) is 1.76. The Morgan fingerprint density at radius 1 is 1.05 bits per heavy atom. The highest BCUT2D eigenvalue weighted by atomic mass is 35.5. The molecule has 0 fully saturated rings. The molecule has 110 valence electrons. The molecule has 0 bridgehead atoms. The SMILES string of the molecule is O=C(Nc1ccc(Cl)cc1)Nc1cccc(-c2nccs2)c1. The summed E-state index contributed by atoms with van der Waals surface area (Å²) in [6.45, 7) is 0. The van der Waals surface area contributed by atoms with Crippen LogP contribution < -0.4 is 10.6 Å². The van der Waals surface area contributed by atoms with E-state index in [1.807, 2.05) is 29.6 Å². The van der Waals surface area contributed by atoms with Gasteiger partial charge in [0.25, 0.3) is 0 Å². The van der Waals surface area contributed by atoms with Crippen molar-refractivity contribution in [3.05, 3.63) is 65.1 Å². The smallest absolute Gasteiger partial charge is 0.308 e. The van der Waals surface area contributed by atoms with E-state index in [9.17, 15) is 4.79 Å². The number of hydrogen-bond acceptors (Lipinski definition) is 3. The van der Waals surface area contributed by atoms with Crippen LogP contribution in [0.25, 0.3) is 10.6 Å². The number of halogens is 1. The molecule has 0 radical (unpaired) electrons. The maximum Gasteiger partial charge on any atom is 0.323 e. The minimum atomic E-state index is -0.307. The molecule has 2 N–H and O–H groups in total. The number of nitrogens with zero attached hydrogens (tertiary/aromatic N) is 1. The zero-order chi connectivity index (χ0) is 15.4. The molecule has 3 aromatic rings. The fraction of sp³-hybridized carbons (Fsp3) is 0. The van der Waals surface area contributed by atoms with Crippen LogP contribution in [0.15, 0.2) is 60.1 Å². The van der Waals surface area contributed by atoms with Crippen molar-refractivity contribution in [2.45, 2.75) is 0 Å². The molecular weight excluding hydrogens is 318 g/mol. The van der Waals surface area contributed by atoms with Gasteiger partial charge in [0.05, 0.1) is 0 Å². The third kappa shape index (κ3) is 3.63. The zero-order valence-electron chi connectivity index (χ0n) is 11.4. The number of carbonyl (C=O) groups is 1. The van der Waals surface area contributed by atoms with E-state index in [1.165, 1.54) is 0 Å². The van der Waals surface area contributed by atoms with Crippen LogP contribution in [0.3, 0.4) is 0 Å². The Hall–Kier alpha value is -2.37. The lowest BCUT2D eigenvalue weighted by molar-refractivity contribution is 0.262. The van der Waals surface area contributed by atoms with Gasteiger partial charge in [-0.15, -0.1) is 11.3 Å². The summed E-state index contributed by atoms with van der Waals surface area (Å²) in [5.74, 6) is 0. The van der Waals surface area contributed by atoms with Gasteiger partial charge in [0, 0.05) is 33.5 Å². The number of anilines is 2.